The lowest BCUT2D eigenvalue weighted by molar-refractivity contribution is 0.747. The molecule has 3 N–H and O–H groups in total. The maximum absolute atomic E-state index is 6.03. The minimum Gasteiger partial charge on any atom is -0.394 e. The molecule has 0 unspecified atom stereocenters. The summed E-state index contributed by atoms with van der Waals surface area (Å²) >= 11 is 0. The van der Waals surface area contributed by atoms with Gasteiger partial charge in [0, 0.05) is 13.6 Å². The zero-order chi connectivity index (χ0) is 12.3. The number of hydrogen-bond donors (Lipinski definition) is 2. The molecule has 4 nitrogen and oxygen atoms in total. The van der Waals surface area contributed by atoms with Gasteiger partial charge in [0.15, 0.2) is 0 Å². The van der Waals surface area contributed by atoms with Crippen LogP contribution in [-0.4, -0.2) is 9.78 Å². The molecular formula is C13H18N4. The fourth-order valence-corrected chi connectivity index (χ4v) is 1.85. The largest absolute Gasteiger partial charge is 0.394 e. The predicted molar refractivity (Wildman–Crippen MR) is 70.8 cm³/mol. The van der Waals surface area contributed by atoms with Gasteiger partial charge in [0.2, 0.25) is 0 Å². The summed E-state index contributed by atoms with van der Waals surface area (Å²) in [6, 6.07) is 10.2. The third-order valence-electron chi connectivity index (χ3n) is 2.80. The van der Waals surface area contributed by atoms with E-state index < -0.39 is 0 Å². The van der Waals surface area contributed by atoms with Gasteiger partial charge in [-0.3, -0.25) is 4.68 Å². The van der Waals surface area contributed by atoms with Gasteiger partial charge in [-0.1, -0.05) is 37.3 Å². The van der Waals surface area contributed by atoms with E-state index in [1.165, 1.54) is 5.56 Å². The Morgan fingerprint density at radius 1 is 1.29 bits per heavy atom. The zero-order valence-electron chi connectivity index (χ0n) is 10.3. The van der Waals surface area contributed by atoms with Gasteiger partial charge in [0.25, 0.3) is 0 Å². The van der Waals surface area contributed by atoms with Crippen LogP contribution in [0.1, 0.15) is 18.2 Å². The Kier molecular flexibility index (Phi) is 3.32. The molecule has 2 aromatic rings. The van der Waals surface area contributed by atoms with Crippen molar-refractivity contribution in [3.63, 3.8) is 0 Å². The van der Waals surface area contributed by atoms with Crippen molar-refractivity contribution >= 4 is 11.5 Å². The topological polar surface area (TPSA) is 55.9 Å². The first-order valence-electron chi connectivity index (χ1n) is 5.81. The number of hydrogen-bond acceptors (Lipinski definition) is 3. The van der Waals surface area contributed by atoms with Crippen molar-refractivity contribution in [2.75, 3.05) is 11.1 Å². The third kappa shape index (κ3) is 2.41. The van der Waals surface area contributed by atoms with Gasteiger partial charge in [-0.25, -0.2) is 0 Å². The number of benzene rings is 1. The molecule has 0 aliphatic heterocycles. The highest BCUT2D eigenvalue weighted by molar-refractivity contribution is 5.65. The molecule has 90 valence electrons. The first kappa shape index (κ1) is 11.5. The van der Waals surface area contributed by atoms with Gasteiger partial charge < -0.3 is 11.1 Å². The molecule has 0 aliphatic carbocycles. The second-order valence-electron chi connectivity index (χ2n) is 4.03. The number of rotatable bonds is 4. The maximum Gasteiger partial charge on any atom is 0.148 e. The van der Waals surface area contributed by atoms with Crippen LogP contribution in [0.15, 0.2) is 30.3 Å². The lowest BCUT2D eigenvalue weighted by Crippen LogP contribution is -2.06. The Bertz CT molecular complexity index is 488. The minimum absolute atomic E-state index is 0.755. The van der Waals surface area contributed by atoms with Gasteiger partial charge in [-0.2, -0.15) is 5.10 Å². The molecule has 2 rings (SSSR count). The lowest BCUT2D eigenvalue weighted by atomic mass is 10.2. The van der Waals surface area contributed by atoms with Crippen molar-refractivity contribution < 1.29 is 0 Å². The van der Waals surface area contributed by atoms with Gasteiger partial charge in [0.1, 0.15) is 5.82 Å². The molecule has 1 aromatic heterocycles. The van der Waals surface area contributed by atoms with Crippen molar-refractivity contribution in [3.8, 4) is 0 Å². The van der Waals surface area contributed by atoms with E-state index >= 15 is 0 Å². The van der Waals surface area contributed by atoms with Crippen LogP contribution in [0.2, 0.25) is 0 Å². The van der Waals surface area contributed by atoms with Crippen molar-refractivity contribution in [1.82, 2.24) is 9.78 Å². The lowest BCUT2D eigenvalue weighted by Gasteiger charge is -2.07. The van der Waals surface area contributed by atoms with Crippen LogP contribution in [0.4, 0.5) is 11.5 Å². The molecule has 0 saturated carbocycles. The summed E-state index contributed by atoms with van der Waals surface area (Å²) in [6.45, 7) is 2.81. The molecular weight excluding hydrogens is 212 g/mol. The number of anilines is 2. The van der Waals surface area contributed by atoms with Crippen LogP contribution in [0.25, 0.3) is 0 Å². The van der Waals surface area contributed by atoms with E-state index in [0.29, 0.717) is 0 Å². The number of nitrogens with zero attached hydrogens (tertiary/aromatic N) is 2. The van der Waals surface area contributed by atoms with Gasteiger partial charge in [0.05, 0.1) is 11.4 Å². The molecule has 0 aliphatic rings. The molecule has 0 radical (unpaired) electrons. The summed E-state index contributed by atoms with van der Waals surface area (Å²) in [4.78, 5) is 0. The van der Waals surface area contributed by atoms with E-state index in [-0.39, 0.29) is 0 Å². The van der Waals surface area contributed by atoms with Crippen LogP contribution < -0.4 is 11.1 Å². The Balaban J connectivity index is 2.12. The second kappa shape index (κ2) is 4.91. The fourth-order valence-electron chi connectivity index (χ4n) is 1.85. The molecule has 4 heteroatoms. The van der Waals surface area contributed by atoms with Crippen LogP contribution >= 0.6 is 0 Å². The molecule has 0 atom stereocenters. The number of aromatic nitrogens is 2. The van der Waals surface area contributed by atoms with E-state index in [0.717, 1.165) is 30.2 Å². The number of nitrogens with one attached hydrogen (secondary N) is 1. The van der Waals surface area contributed by atoms with Crippen molar-refractivity contribution in [3.05, 3.63) is 41.6 Å². The highest BCUT2D eigenvalue weighted by Gasteiger charge is 2.10. The highest BCUT2D eigenvalue weighted by Crippen LogP contribution is 2.22. The van der Waals surface area contributed by atoms with Crippen LogP contribution in [0.3, 0.4) is 0 Å². The van der Waals surface area contributed by atoms with Gasteiger partial charge >= 0.3 is 0 Å². The molecule has 17 heavy (non-hydrogen) atoms. The molecule has 0 fully saturated rings. The van der Waals surface area contributed by atoms with Gasteiger partial charge in [-0.15, -0.1) is 0 Å². The monoisotopic (exact) mass is 230 g/mol. The SMILES string of the molecule is CCc1nn(C)c(NCc2ccccc2)c1N. The number of nitrogens with two attached hydrogens (primary N) is 1. The van der Waals surface area contributed by atoms with Gasteiger partial charge in [-0.05, 0) is 12.0 Å². The summed E-state index contributed by atoms with van der Waals surface area (Å²) in [5.74, 6) is 0.894. The van der Waals surface area contributed by atoms with Crippen LogP contribution in [-0.2, 0) is 20.0 Å². The second-order valence-corrected chi connectivity index (χ2v) is 4.03. The summed E-state index contributed by atoms with van der Waals surface area (Å²) < 4.78 is 1.80. The Morgan fingerprint density at radius 2 is 2.00 bits per heavy atom. The smallest absolute Gasteiger partial charge is 0.148 e. The first-order valence-corrected chi connectivity index (χ1v) is 5.81. The minimum atomic E-state index is 0.755. The van der Waals surface area contributed by atoms with Crippen molar-refractivity contribution in [1.29, 1.82) is 0 Å². The average molecular weight is 230 g/mol. The zero-order valence-corrected chi connectivity index (χ0v) is 10.3. The maximum atomic E-state index is 6.03. The predicted octanol–water partition coefficient (Wildman–Crippen LogP) is 2.18. The van der Waals surface area contributed by atoms with Crippen LogP contribution in [0.5, 0.6) is 0 Å². The van der Waals surface area contributed by atoms with Crippen molar-refractivity contribution in [2.45, 2.75) is 19.9 Å². The van der Waals surface area contributed by atoms with E-state index in [1.807, 2.05) is 25.2 Å². The Labute approximate surface area is 101 Å². The van der Waals surface area contributed by atoms with Crippen LogP contribution in [0, 0.1) is 0 Å². The number of nitrogen functional groups attached to an aromatic ring is 1. The van der Waals surface area contributed by atoms with E-state index in [4.69, 9.17) is 5.73 Å². The summed E-state index contributed by atoms with van der Waals surface area (Å²) in [6.07, 6.45) is 0.854. The molecule has 0 amide bonds. The third-order valence-corrected chi connectivity index (χ3v) is 2.80. The first-order chi connectivity index (χ1) is 8.22. The molecule has 1 heterocycles. The molecule has 0 bridgehead atoms. The summed E-state index contributed by atoms with van der Waals surface area (Å²) in [7, 11) is 1.91. The normalized spacial score (nSPS) is 10.5. The summed E-state index contributed by atoms with van der Waals surface area (Å²) in [5, 5.41) is 7.70. The molecule has 0 saturated heterocycles. The molecule has 1 aromatic carbocycles. The molecule has 0 spiro atoms. The highest BCUT2D eigenvalue weighted by atomic mass is 15.3. The number of aryl methyl sites for hydroxylation is 2. The van der Waals surface area contributed by atoms with E-state index in [2.05, 4.69) is 29.5 Å². The summed E-state index contributed by atoms with van der Waals surface area (Å²) in [5.41, 5.74) is 8.96. The Hall–Kier alpha value is -1.97. The Morgan fingerprint density at radius 3 is 2.59 bits per heavy atom. The van der Waals surface area contributed by atoms with E-state index in [1.54, 1.807) is 4.68 Å². The van der Waals surface area contributed by atoms with Crippen molar-refractivity contribution in [2.24, 2.45) is 7.05 Å². The fraction of sp³-hybridized carbons (Fsp3) is 0.308. The average Bonchev–Trinajstić information content (AvgIpc) is 2.63. The standard InChI is InChI=1S/C13H18N4/c1-3-11-12(14)13(17(2)16-11)15-9-10-7-5-4-6-8-10/h4-8,15H,3,9,14H2,1-2H3. The van der Waals surface area contributed by atoms with E-state index in [9.17, 15) is 0 Å². The quantitative estimate of drug-likeness (QED) is 0.846.